The first-order valence-corrected chi connectivity index (χ1v) is 9.51. The number of aromatic nitrogens is 2. The number of hydrogen-bond donors (Lipinski definition) is 1. The molecule has 2 aromatic rings. The summed E-state index contributed by atoms with van der Waals surface area (Å²) < 4.78 is 0. The van der Waals surface area contributed by atoms with E-state index in [0.717, 1.165) is 34.9 Å². The lowest BCUT2D eigenvalue weighted by atomic mass is 10.1. The molecule has 2 rings (SSSR count). The molecule has 1 heterocycles. The summed E-state index contributed by atoms with van der Waals surface area (Å²) in [7, 11) is 0. The van der Waals surface area contributed by atoms with Crippen LogP contribution in [0, 0.1) is 13.8 Å². The fourth-order valence-corrected chi connectivity index (χ4v) is 3.11. The van der Waals surface area contributed by atoms with E-state index in [1.54, 1.807) is 11.8 Å². The highest BCUT2D eigenvalue weighted by atomic mass is 32.2. The normalized spacial score (nSPS) is 10.6. The van der Waals surface area contributed by atoms with Gasteiger partial charge in [-0.15, -0.1) is 0 Å². The molecular weight excluding hydrogens is 318 g/mol. The zero-order valence-electron chi connectivity index (χ0n) is 14.6. The molecule has 0 saturated carbocycles. The van der Waals surface area contributed by atoms with Gasteiger partial charge in [0, 0.05) is 24.4 Å². The second-order valence-electron chi connectivity index (χ2n) is 5.80. The fourth-order valence-electron chi connectivity index (χ4n) is 2.65. The van der Waals surface area contributed by atoms with E-state index in [-0.39, 0.29) is 5.91 Å². The van der Waals surface area contributed by atoms with Crippen LogP contribution in [0.5, 0.6) is 0 Å². The average molecular weight is 343 g/mol. The Hall–Kier alpha value is -1.88. The van der Waals surface area contributed by atoms with Gasteiger partial charge in [-0.2, -0.15) is 0 Å². The number of hydrogen-bond acceptors (Lipinski definition) is 4. The van der Waals surface area contributed by atoms with Gasteiger partial charge in [-0.1, -0.05) is 42.1 Å². The molecule has 1 aromatic carbocycles. The molecule has 0 fully saturated rings. The number of carbonyl (C=O) groups is 1. The van der Waals surface area contributed by atoms with Crippen LogP contribution in [0.4, 0.5) is 0 Å². The van der Waals surface area contributed by atoms with Crippen LogP contribution >= 0.6 is 11.8 Å². The van der Waals surface area contributed by atoms with Crippen LogP contribution in [0.1, 0.15) is 35.4 Å². The van der Waals surface area contributed by atoms with E-state index in [9.17, 15) is 4.79 Å². The second kappa shape index (κ2) is 9.42. The summed E-state index contributed by atoms with van der Waals surface area (Å²) in [6.45, 7) is 4.69. The number of nitrogens with one attached hydrogen (secondary N) is 1. The van der Waals surface area contributed by atoms with Gasteiger partial charge in [0.25, 0.3) is 0 Å². The quantitative estimate of drug-likeness (QED) is 0.453. The van der Waals surface area contributed by atoms with E-state index in [2.05, 4.69) is 27.4 Å². The van der Waals surface area contributed by atoms with Crippen molar-refractivity contribution < 1.29 is 4.79 Å². The van der Waals surface area contributed by atoms with E-state index in [1.807, 2.05) is 38.3 Å². The van der Waals surface area contributed by atoms with Crippen LogP contribution in [-0.4, -0.2) is 28.7 Å². The Labute approximate surface area is 148 Å². The predicted molar refractivity (Wildman–Crippen MR) is 99.4 cm³/mol. The maximum atomic E-state index is 12.0. The first-order valence-electron chi connectivity index (χ1n) is 8.29. The van der Waals surface area contributed by atoms with Crippen molar-refractivity contribution in [3.63, 3.8) is 0 Å². The van der Waals surface area contributed by atoms with Gasteiger partial charge >= 0.3 is 0 Å². The molecule has 0 saturated heterocycles. The smallest absolute Gasteiger partial charge is 0.220 e. The molecule has 0 aliphatic heterocycles. The molecule has 0 aliphatic rings. The molecule has 1 aromatic heterocycles. The Balaban J connectivity index is 1.73. The standard InChI is InChI=1S/C19H25N3OS/c1-14-17(15(2)22-19(21-14)24-3)11-12-18(23)20-13-7-10-16-8-5-4-6-9-16/h4-6,8-9H,7,10-13H2,1-3H3,(H,20,23). The Bertz CT molecular complexity index is 651. The number of aryl methyl sites for hydroxylation is 3. The zero-order chi connectivity index (χ0) is 17.4. The minimum absolute atomic E-state index is 0.0933. The molecule has 1 N–H and O–H groups in total. The summed E-state index contributed by atoms with van der Waals surface area (Å²) in [6.07, 6.45) is 5.09. The molecule has 5 heteroatoms. The topological polar surface area (TPSA) is 54.9 Å². The molecule has 128 valence electrons. The van der Waals surface area contributed by atoms with E-state index < -0.39 is 0 Å². The fraction of sp³-hybridized carbons (Fsp3) is 0.421. The summed E-state index contributed by atoms with van der Waals surface area (Å²) in [5, 5.41) is 3.79. The lowest BCUT2D eigenvalue weighted by molar-refractivity contribution is -0.121. The minimum Gasteiger partial charge on any atom is -0.356 e. The van der Waals surface area contributed by atoms with Gasteiger partial charge in [-0.3, -0.25) is 4.79 Å². The summed E-state index contributed by atoms with van der Waals surface area (Å²) in [5.41, 5.74) is 4.35. The summed E-state index contributed by atoms with van der Waals surface area (Å²) in [4.78, 5) is 20.9. The molecule has 0 unspecified atom stereocenters. The van der Waals surface area contributed by atoms with Gasteiger partial charge in [0.2, 0.25) is 5.91 Å². The van der Waals surface area contributed by atoms with Gasteiger partial charge < -0.3 is 5.32 Å². The van der Waals surface area contributed by atoms with Crippen molar-refractivity contribution in [1.29, 1.82) is 0 Å². The first kappa shape index (κ1) is 18.5. The van der Waals surface area contributed by atoms with Crippen molar-refractivity contribution in [3.8, 4) is 0 Å². The number of amides is 1. The Morgan fingerprint density at radius 1 is 1.08 bits per heavy atom. The van der Waals surface area contributed by atoms with E-state index in [1.165, 1.54) is 5.56 Å². The van der Waals surface area contributed by atoms with Crippen LogP contribution in [-0.2, 0) is 17.6 Å². The van der Waals surface area contributed by atoms with Crippen LogP contribution in [0.2, 0.25) is 0 Å². The Kier molecular flexibility index (Phi) is 7.25. The molecule has 4 nitrogen and oxygen atoms in total. The van der Waals surface area contributed by atoms with Crippen LogP contribution < -0.4 is 5.32 Å². The lowest BCUT2D eigenvalue weighted by Gasteiger charge is -2.10. The summed E-state index contributed by atoms with van der Waals surface area (Å²) in [5.74, 6) is 0.0933. The third-order valence-electron chi connectivity index (χ3n) is 3.99. The van der Waals surface area contributed by atoms with Crippen LogP contribution in [0.15, 0.2) is 35.5 Å². The summed E-state index contributed by atoms with van der Waals surface area (Å²) in [6, 6.07) is 10.3. The minimum atomic E-state index is 0.0933. The average Bonchev–Trinajstić information content (AvgIpc) is 2.58. The largest absolute Gasteiger partial charge is 0.356 e. The van der Waals surface area contributed by atoms with Crippen molar-refractivity contribution in [2.45, 2.75) is 44.7 Å². The molecule has 0 bridgehead atoms. The van der Waals surface area contributed by atoms with E-state index in [4.69, 9.17) is 0 Å². The van der Waals surface area contributed by atoms with Crippen LogP contribution in [0.3, 0.4) is 0 Å². The molecule has 1 amide bonds. The molecule has 0 radical (unpaired) electrons. The molecular formula is C19H25N3OS. The molecule has 0 spiro atoms. The molecule has 24 heavy (non-hydrogen) atoms. The second-order valence-corrected chi connectivity index (χ2v) is 6.57. The van der Waals surface area contributed by atoms with Gasteiger partial charge in [-0.05, 0) is 50.5 Å². The van der Waals surface area contributed by atoms with Crippen molar-refractivity contribution >= 4 is 17.7 Å². The SMILES string of the molecule is CSc1nc(C)c(CCC(=O)NCCCc2ccccc2)c(C)n1. The number of carbonyl (C=O) groups excluding carboxylic acids is 1. The zero-order valence-corrected chi connectivity index (χ0v) is 15.4. The number of benzene rings is 1. The number of rotatable bonds is 8. The maximum Gasteiger partial charge on any atom is 0.220 e. The van der Waals surface area contributed by atoms with Crippen molar-refractivity contribution in [2.75, 3.05) is 12.8 Å². The Morgan fingerprint density at radius 2 is 1.75 bits per heavy atom. The number of nitrogens with zero attached hydrogens (tertiary/aromatic N) is 2. The van der Waals surface area contributed by atoms with E-state index in [0.29, 0.717) is 19.4 Å². The van der Waals surface area contributed by atoms with Gasteiger partial charge in [0.15, 0.2) is 5.16 Å². The number of thioether (sulfide) groups is 1. The van der Waals surface area contributed by atoms with Gasteiger partial charge in [0.05, 0.1) is 0 Å². The highest BCUT2D eigenvalue weighted by Crippen LogP contribution is 2.17. The molecule has 0 aliphatic carbocycles. The van der Waals surface area contributed by atoms with E-state index >= 15 is 0 Å². The first-order chi connectivity index (χ1) is 11.6. The Morgan fingerprint density at radius 3 is 2.38 bits per heavy atom. The van der Waals surface area contributed by atoms with Gasteiger partial charge in [0.1, 0.15) is 0 Å². The van der Waals surface area contributed by atoms with Crippen molar-refractivity contribution in [3.05, 3.63) is 52.8 Å². The lowest BCUT2D eigenvalue weighted by Crippen LogP contribution is -2.25. The monoisotopic (exact) mass is 343 g/mol. The van der Waals surface area contributed by atoms with Crippen molar-refractivity contribution in [2.24, 2.45) is 0 Å². The predicted octanol–water partition coefficient (Wildman–Crippen LogP) is 3.50. The third kappa shape index (κ3) is 5.64. The maximum absolute atomic E-state index is 12.0. The highest BCUT2D eigenvalue weighted by molar-refractivity contribution is 7.98. The van der Waals surface area contributed by atoms with Crippen molar-refractivity contribution in [1.82, 2.24) is 15.3 Å². The molecule has 0 atom stereocenters. The third-order valence-corrected chi connectivity index (χ3v) is 4.54. The summed E-state index contributed by atoms with van der Waals surface area (Å²) >= 11 is 1.54. The highest BCUT2D eigenvalue weighted by Gasteiger charge is 2.10. The van der Waals surface area contributed by atoms with Gasteiger partial charge in [-0.25, -0.2) is 9.97 Å². The van der Waals surface area contributed by atoms with Crippen LogP contribution in [0.25, 0.3) is 0 Å².